The van der Waals surface area contributed by atoms with Crippen molar-refractivity contribution in [2.75, 3.05) is 21.3 Å². The van der Waals surface area contributed by atoms with Gasteiger partial charge in [-0.25, -0.2) is 4.98 Å². The molecule has 0 saturated carbocycles. The zero-order valence-corrected chi connectivity index (χ0v) is 14.7. The molecular weight excluding hydrogens is 318 g/mol. The Morgan fingerprint density at radius 3 is 2.43 bits per heavy atom. The number of halogens is 1. The Hall–Kier alpha value is -1.88. The fraction of sp³-hybridized carbons (Fsp3) is 0.471. The van der Waals surface area contributed by atoms with E-state index in [1.165, 1.54) is 0 Å². The molecule has 0 fully saturated rings. The molecule has 0 N–H and O–H groups in total. The number of pyridine rings is 1. The Morgan fingerprint density at radius 2 is 1.83 bits per heavy atom. The number of aromatic nitrogens is 1. The first-order valence-corrected chi connectivity index (χ1v) is 7.81. The van der Waals surface area contributed by atoms with Crippen molar-refractivity contribution in [3.8, 4) is 23.1 Å². The Bertz CT molecular complexity index is 760. The summed E-state index contributed by atoms with van der Waals surface area (Å²) < 4.78 is 22.5. The summed E-state index contributed by atoms with van der Waals surface area (Å²) in [5.74, 6) is 2.41. The molecule has 6 heteroatoms. The smallest absolute Gasteiger partial charge is 0.221 e. The van der Waals surface area contributed by atoms with Gasteiger partial charge in [-0.3, -0.25) is 0 Å². The van der Waals surface area contributed by atoms with Gasteiger partial charge in [0.2, 0.25) is 5.88 Å². The number of methoxy groups -OCH3 is 3. The highest BCUT2D eigenvalue weighted by atomic mass is 35.5. The van der Waals surface area contributed by atoms with Gasteiger partial charge in [-0.15, -0.1) is 11.6 Å². The topological polar surface area (TPSA) is 49.8 Å². The molecule has 1 aliphatic heterocycles. The maximum atomic E-state index is 6.47. The van der Waals surface area contributed by atoms with Crippen molar-refractivity contribution in [3.05, 3.63) is 17.7 Å². The lowest BCUT2D eigenvalue weighted by Gasteiger charge is -2.36. The zero-order chi connectivity index (χ0) is 16.8. The van der Waals surface area contributed by atoms with Crippen LogP contribution in [0.3, 0.4) is 0 Å². The summed E-state index contributed by atoms with van der Waals surface area (Å²) in [5, 5.41) is 0.680. The molecule has 1 aromatic carbocycles. The van der Waals surface area contributed by atoms with E-state index in [2.05, 4.69) is 4.98 Å². The summed E-state index contributed by atoms with van der Waals surface area (Å²) in [6.07, 6.45) is 0.629. The third kappa shape index (κ3) is 2.43. The molecule has 124 valence electrons. The first-order valence-electron chi connectivity index (χ1n) is 7.37. The Labute approximate surface area is 140 Å². The number of fused-ring (bicyclic) bond motifs is 2. The van der Waals surface area contributed by atoms with Crippen LogP contribution in [0.4, 0.5) is 0 Å². The van der Waals surface area contributed by atoms with Gasteiger partial charge < -0.3 is 18.9 Å². The highest BCUT2D eigenvalue weighted by Gasteiger charge is 2.38. The third-order valence-electron chi connectivity index (χ3n) is 4.21. The molecule has 2 heterocycles. The minimum absolute atomic E-state index is 0.164. The molecular formula is C17H20ClNO4. The third-order valence-corrected chi connectivity index (χ3v) is 4.89. The molecule has 1 aromatic heterocycles. The minimum Gasteiger partial charge on any atom is -0.496 e. The number of nitrogens with zero attached hydrogens (tertiary/aromatic N) is 1. The van der Waals surface area contributed by atoms with Gasteiger partial charge in [-0.2, -0.15) is 0 Å². The molecule has 0 spiro atoms. The zero-order valence-electron chi connectivity index (χ0n) is 13.9. The molecule has 1 aliphatic rings. The largest absolute Gasteiger partial charge is 0.496 e. The molecule has 0 saturated heterocycles. The molecule has 5 nitrogen and oxygen atoms in total. The predicted octanol–water partition coefficient (Wildman–Crippen LogP) is 3.58. The number of alkyl halides is 1. The second-order valence-electron chi connectivity index (χ2n) is 6.00. The number of hydrogen-bond donors (Lipinski definition) is 0. The molecule has 0 amide bonds. The number of rotatable bonds is 3. The van der Waals surface area contributed by atoms with Gasteiger partial charge in [0.15, 0.2) is 11.5 Å². The van der Waals surface area contributed by atoms with Crippen LogP contribution in [0.25, 0.3) is 10.9 Å². The van der Waals surface area contributed by atoms with Crippen LogP contribution in [0.15, 0.2) is 12.1 Å². The van der Waals surface area contributed by atoms with Crippen molar-refractivity contribution in [1.82, 2.24) is 4.98 Å². The van der Waals surface area contributed by atoms with E-state index >= 15 is 0 Å². The van der Waals surface area contributed by atoms with E-state index < -0.39 is 5.60 Å². The van der Waals surface area contributed by atoms with Crippen LogP contribution >= 0.6 is 11.6 Å². The van der Waals surface area contributed by atoms with E-state index in [1.807, 2.05) is 26.0 Å². The fourth-order valence-electron chi connectivity index (χ4n) is 2.87. The van der Waals surface area contributed by atoms with Crippen LogP contribution < -0.4 is 18.9 Å². The molecule has 0 radical (unpaired) electrons. The van der Waals surface area contributed by atoms with Gasteiger partial charge in [-0.1, -0.05) is 0 Å². The van der Waals surface area contributed by atoms with Gasteiger partial charge in [-0.05, 0) is 26.0 Å². The number of hydrogen-bond acceptors (Lipinski definition) is 5. The lowest BCUT2D eigenvalue weighted by atomic mass is 9.93. The van der Waals surface area contributed by atoms with Crippen molar-refractivity contribution in [1.29, 1.82) is 0 Å². The van der Waals surface area contributed by atoms with E-state index in [1.54, 1.807) is 21.3 Å². The Morgan fingerprint density at radius 1 is 1.13 bits per heavy atom. The minimum atomic E-state index is -0.508. The fourth-order valence-corrected chi connectivity index (χ4v) is 3.07. The summed E-state index contributed by atoms with van der Waals surface area (Å²) in [5.41, 5.74) is 1.02. The molecule has 1 atom stereocenters. The quantitative estimate of drug-likeness (QED) is 0.801. The maximum Gasteiger partial charge on any atom is 0.221 e. The van der Waals surface area contributed by atoms with Crippen LogP contribution in [-0.2, 0) is 6.42 Å². The Balaban J connectivity index is 2.33. The predicted molar refractivity (Wildman–Crippen MR) is 89.5 cm³/mol. The first-order chi connectivity index (χ1) is 10.9. The van der Waals surface area contributed by atoms with Crippen molar-refractivity contribution >= 4 is 22.5 Å². The normalized spacial score (nSPS) is 19.0. The van der Waals surface area contributed by atoms with Crippen LogP contribution in [0.5, 0.6) is 23.1 Å². The summed E-state index contributed by atoms with van der Waals surface area (Å²) in [7, 11) is 4.82. The summed E-state index contributed by atoms with van der Waals surface area (Å²) in [6.45, 7) is 3.91. The van der Waals surface area contributed by atoms with E-state index in [0.717, 1.165) is 10.9 Å². The number of benzene rings is 1. The van der Waals surface area contributed by atoms with E-state index in [9.17, 15) is 0 Å². The molecule has 0 aliphatic carbocycles. The van der Waals surface area contributed by atoms with Gasteiger partial charge in [0.05, 0.1) is 32.3 Å². The van der Waals surface area contributed by atoms with E-state index in [0.29, 0.717) is 35.1 Å². The summed E-state index contributed by atoms with van der Waals surface area (Å²) in [6, 6.07) is 3.75. The van der Waals surface area contributed by atoms with Gasteiger partial charge in [0.25, 0.3) is 0 Å². The monoisotopic (exact) mass is 337 g/mol. The van der Waals surface area contributed by atoms with Gasteiger partial charge >= 0.3 is 0 Å². The van der Waals surface area contributed by atoms with Crippen molar-refractivity contribution in [3.63, 3.8) is 0 Å². The molecule has 2 aromatic rings. The van der Waals surface area contributed by atoms with Crippen LogP contribution in [0.2, 0.25) is 0 Å². The van der Waals surface area contributed by atoms with Gasteiger partial charge in [0.1, 0.15) is 16.9 Å². The van der Waals surface area contributed by atoms with Crippen LogP contribution in [-0.4, -0.2) is 37.3 Å². The molecule has 23 heavy (non-hydrogen) atoms. The van der Waals surface area contributed by atoms with Crippen molar-refractivity contribution < 1.29 is 18.9 Å². The van der Waals surface area contributed by atoms with Crippen LogP contribution in [0, 0.1) is 0 Å². The Kier molecular flexibility index (Phi) is 3.92. The second-order valence-corrected chi connectivity index (χ2v) is 6.53. The SMILES string of the molecule is COc1ccc2c(OC)c3c(nc2c1OC)OC(C)(C)[C@@H](Cl)C3. The summed E-state index contributed by atoms with van der Waals surface area (Å²) >= 11 is 6.47. The first kappa shape index (κ1) is 16.0. The van der Waals surface area contributed by atoms with Gasteiger partial charge in [0, 0.05) is 11.8 Å². The maximum absolute atomic E-state index is 6.47. The second kappa shape index (κ2) is 5.64. The number of ether oxygens (including phenoxy) is 4. The lowest BCUT2D eigenvalue weighted by molar-refractivity contribution is 0.0820. The van der Waals surface area contributed by atoms with E-state index in [4.69, 9.17) is 30.5 Å². The standard InChI is InChI=1S/C17H20ClNO4/c1-17(2)12(18)8-10-14(21-4)9-6-7-11(20-3)15(22-5)13(9)19-16(10)23-17/h6-7,12H,8H2,1-5H3/t12-/m0/s1. The average molecular weight is 338 g/mol. The molecule has 0 unspecified atom stereocenters. The average Bonchev–Trinajstić information content (AvgIpc) is 2.52. The van der Waals surface area contributed by atoms with Crippen molar-refractivity contribution in [2.24, 2.45) is 0 Å². The highest BCUT2D eigenvalue weighted by molar-refractivity contribution is 6.21. The molecule has 3 rings (SSSR count). The van der Waals surface area contributed by atoms with Crippen molar-refractivity contribution in [2.45, 2.75) is 31.2 Å². The lowest BCUT2D eigenvalue weighted by Crippen LogP contribution is -2.43. The van der Waals surface area contributed by atoms with E-state index in [-0.39, 0.29) is 5.38 Å². The summed E-state index contributed by atoms with van der Waals surface area (Å²) in [4.78, 5) is 4.67. The molecule has 0 bridgehead atoms. The highest BCUT2D eigenvalue weighted by Crippen LogP contribution is 2.46. The van der Waals surface area contributed by atoms with Crippen LogP contribution in [0.1, 0.15) is 19.4 Å².